The van der Waals surface area contributed by atoms with E-state index in [0.717, 1.165) is 6.42 Å². The highest BCUT2D eigenvalue weighted by Gasteiger charge is 2.23. The Kier molecular flexibility index (Phi) is 7.32. The first-order chi connectivity index (χ1) is 14.4. The van der Waals surface area contributed by atoms with Crippen molar-refractivity contribution < 1.29 is 27.1 Å². The largest absolute Gasteiger partial charge is 0.493 e. The Morgan fingerprint density at radius 1 is 1.37 bits per heavy atom. The molecule has 1 aromatic carbocycles. The summed E-state index contributed by atoms with van der Waals surface area (Å²) in [7, 11) is -2.39. The third-order valence-electron chi connectivity index (χ3n) is 3.94. The zero-order valence-corrected chi connectivity index (χ0v) is 18.6. The summed E-state index contributed by atoms with van der Waals surface area (Å²) in [4.78, 5) is 15.8. The average molecular weight is 474 g/mol. The quantitative estimate of drug-likeness (QED) is 0.263. The van der Waals surface area contributed by atoms with Gasteiger partial charge < -0.3 is 19.2 Å². The number of carbonyl (C=O) groups is 1. The number of anilines is 1. The fourth-order valence-electron chi connectivity index (χ4n) is 2.61. The van der Waals surface area contributed by atoms with Crippen LogP contribution in [0.1, 0.15) is 13.3 Å². The molecule has 0 fully saturated rings. The Hall–Kier alpha value is -2.18. The van der Waals surface area contributed by atoms with E-state index < -0.39 is 10.0 Å². The van der Waals surface area contributed by atoms with Crippen molar-refractivity contribution in [1.82, 2.24) is 9.71 Å². The van der Waals surface area contributed by atoms with Gasteiger partial charge in [-0.1, -0.05) is 6.92 Å². The van der Waals surface area contributed by atoms with Gasteiger partial charge in [0.2, 0.25) is 15.9 Å². The molecule has 2 aromatic heterocycles. The third kappa shape index (κ3) is 4.93. The molecule has 30 heavy (non-hydrogen) atoms. The maximum absolute atomic E-state index is 12.8. The molecule has 162 valence electrons. The molecule has 3 aromatic rings. The SMILES string of the molecule is CCCOCNS(=O)(=O)c1ccc(OC)c2oc(-c3csc(NC(=O)CCl)n3)cc12. The van der Waals surface area contributed by atoms with Crippen molar-refractivity contribution in [3.63, 3.8) is 0 Å². The van der Waals surface area contributed by atoms with Gasteiger partial charge in [0, 0.05) is 17.4 Å². The van der Waals surface area contributed by atoms with E-state index in [1.54, 1.807) is 11.4 Å². The number of methoxy groups -OCH3 is 1. The highest BCUT2D eigenvalue weighted by Crippen LogP contribution is 2.37. The molecule has 3 rings (SSSR count). The number of hydrogen-bond donors (Lipinski definition) is 2. The molecule has 0 atom stereocenters. The number of furan rings is 1. The minimum Gasteiger partial charge on any atom is -0.493 e. The maximum atomic E-state index is 12.8. The molecule has 0 unspecified atom stereocenters. The zero-order chi connectivity index (χ0) is 21.7. The minimum absolute atomic E-state index is 0.0271. The number of carbonyl (C=O) groups excluding carboxylic acids is 1. The van der Waals surface area contributed by atoms with E-state index in [-0.39, 0.29) is 29.0 Å². The van der Waals surface area contributed by atoms with Gasteiger partial charge in [0.25, 0.3) is 0 Å². The van der Waals surface area contributed by atoms with Crippen LogP contribution in [0.4, 0.5) is 5.13 Å². The summed E-state index contributed by atoms with van der Waals surface area (Å²) in [5, 5.41) is 4.93. The number of fused-ring (bicyclic) bond motifs is 1. The lowest BCUT2D eigenvalue weighted by Crippen LogP contribution is -2.26. The molecule has 2 N–H and O–H groups in total. The van der Waals surface area contributed by atoms with Gasteiger partial charge >= 0.3 is 0 Å². The molecule has 2 heterocycles. The summed E-state index contributed by atoms with van der Waals surface area (Å²) in [6, 6.07) is 4.53. The molecule has 0 aliphatic carbocycles. The second kappa shape index (κ2) is 9.75. The van der Waals surface area contributed by atoms with E-state index in [1.165, 1.54) is 30.6 Å². The van der Waals surface area contributed by atoms with E-state index in [0.29, 0.717) is 34.3 Å². The molecule has 0 saturated heterocycles. The molecule has 9 nitrogen and oxygen atoms in total. The summed E-state index contributed by atoms with van der Waals surface area (Å²) < 4.78 is 44.3. The molecule has 0 radical (unpaired) electrons. The van der Waals surface area contributed by atoms with Crippen LogP contribution in [0.25, 0.3) is 22.4 Å². The van der Waals surface area contributed by atoms with Crippen molar-refractivity contribution in [3.05, 3.63) is 23.6 Å². The van der Waals surface area contributed by atoms with E-state index in [4.69, 9.17) is 25.5 Å². The lowest BCUT2D eigenvalue weighted by molar-refractivity contribution is -0.113. The number of nitrogens with one attached hydrogen (secondary N) is 2. The summed E-state index contributed by atoms with van der Waals surface area (Å²) in [5.74, 6) is 0.139. The molecular formula is C18H20ClN3O6S2. The Balaban J connectivity index is 1.98. The lowest BCUT2D eigenvalue weighted by atomic mass is 10.2. The van der Waals surface area contributed by atoms with Gasteiger partial charge in [0.1, 0.15) is 18.3 Å². The first-order valence-electron chi connectivity index (χ1n) is 8.89. The van der Waals surface area contributed by atoms with Gasteiger partial charge in [-0.2, -0.15) is 4.72 Å². The molecular weight excluding hydrogens is 454 g/mol. The first-order valence-corrected chi connectivity index (χ1v) is 11.8. The van der Waals surface area contributed by atoms with Crippen molar-refractivity contribution >= 4 is 55.0 Å². The second-order valence-corrected chi connectivity index (χ2v) is 8.90. The van der Waals surface area contributed by atoms with Crippen LogP contribution in [0.5, 0.6) is 5.75 Å². The summed E-state index contributed by atoms with van der Waals surface area (Å²) >= 11 is 6.68. The van der Waals surface area contributed by atoms with Gasteiger partial charge in [-0.25, -0.2) is 13.4 Å². The molecule has 0 saturated carbocycles. The van der Waals surface area contributed by atoms with Crippen LogP contribution in [0.2, 0.25) is 0 Å². The van der Waals surface area contributed by atoms with E-state index >= 15 is 0 Å². The molecule has 1 amide bonds. The molecule has 12 heteroatoms. The van der Waals surface area contributed by atoms with Crippen molar-refractivity contribution in [2.45, 2.75) is 18.2 Å². The highest BCUT2D eigenvalue weighted by molar-refractivity contribution is 7.89. The van der Waals surface area contributed by atoms with E-state index in [9.17, 15) is 13.2 Å². The first kappa shape index (κ1) is 22.5. The predicted molar refractivity (Wildman–Crippen MR) is 115 cm³/mol. The smallest absolute Gasteiger partial charge is 0.243 e. The van der Waals surface area contributed by atoms with Crippen LogP contribution in [0.3, 0.4) is 0 Å². The molecule has 0 spiro atoms. The van der Waals surface area contributed by atoms with Crippen molar-refractivity contribution in [2.24, 2.45) is 0 Å². The predicted octanol–water partition coefficient (Wildman–Crippen LogP) is 3.40. The normalized spacial score (nSPS) is 11.7. The number of thiazole rings is 1. The standard InChI is InChI=1S/C18H20ClN3O6S2/c1-3-6-27-10-20-30(24,25)15-5-4-13(26-2)17-11(15)7-14(28-17)12-9-29-18(21-12)22-16(23)8-19/h4-5,7,9,20H,3,6,8,10H2,1-2H3,(H,21,22,23). The highest BCUT2D eigenvalue weighted by atomic mass is 35.5. The average Bonchev–Trinajstić information content (AvgIpc) is 3.37. The number of aromatic nitrogens is 1. The topological polar surface area (TPSA) is 120 Å². The van der Waals surface area contributed by atoms with Crippen LogP contribution in [-0.2, 0) is 19.6 Å². The van der Waals surface area contributed by atoms with Gasteiger partial charge in [0.15, 0.2) is 22.2 Å². The van der Waals surface area contributed by atoms with E-state index in [2.05, 4.69) is 15.0 Å². The fraction of sp³-hybridized carbons (Fsp3) is 0.333. The van der Waals surface area contributed by atoms with Crippen LogP contribution >= 0.6 is 22.9 Å². The zero-order valence-electron chi connectivity index (χ0n) is 16.2. The Labute approximate surface area is 182 Å². The van der Waals surface area contributed by atoms with Crippen LogP contribution in [-0.4, -0.2) is 45.6 Å². The van der Waals surface area contributed by atoms with E-state index in [1.807, 2.05) is 6.92 Å². The van der Waals surface area contributed by atoms with Crippen LogP contribution in [0, 0.1) is 0 Å². The third-order valence-corrected chi connectivity index (χ3v) is 6.37. The molecule has 0 bridgehead atoms. The van der Waals surface area contributed by atoms with Crippen molar-refractivity contribution in [1.29, 1.82) is 0 Å². The number of ether oxygens (including phenoxy) is 2. The number of sulfonamides is 1. The van der Waals surface area contributed by atoms with Gasteiger partial charge in [-0.3, -0.25) is 4.79 Å². The molecule has 0 aliphatic heterocycles. The summed E-state index contributed by atoms with van der Waals surface area (Å²) in [5.41, 5.74) is 0.704. The fourth-order valence-corrected chi connectivity index (χ4v) is 4.47. The number of halogens is 1. The molecule has 0 aliphatic rings. The Bertz CT molecular complexity index is 1140. The summed E-state index contributed by atoms with van der Waals surface area (Å²) in [6.07, 6.45) is 0.778. The second-order valence-electron chi connectivity index (χ2n) is 6.04. The Morgan fingerprint density at radius 3 is 2.87 bits per heavy atom. The number of hydrogen-bond acceptors (Lipinski definition) is 8. The number of rotatable bonds is 10. The lowest BCUT2D eigenvalue weighted by Gasteiger charge is -2.09. The number of benzene rings is 1. The summed E-state index contributed by atoms with van der Waals surface area (Å²) in [6.45, 7) is 2.24. The van der Waals surface area contributed by atoms with Crippen molar-refractivity contribution in [3.8, 4) is 17.2 Å². The van der Waals surface area contributed by atoms with Crippen LogP contribution in [0.15, 0.2) is 32.9 Å². The van der Waals surface area contributed by atoms with Gasteiger partial charge in [-0.05, 0) is 24.6 Å². The number of alkyl halides is 1. The van der Waals surface area contributed by atoms with Crippen molar-refractivity contribution in [2.75, 3.05) is 31.6 Å². The number of nitrogens with zero attached hydrogens (tertiary/aromatic N) is 1. The minimum atomic E-state index is -3.86. The maximum Gasteiger partial charge on any atom is 0.243 e. The van der Waals surface area contributed by atoms with Crippen LogP contribution < -0.4 is 14.8 Å². The monoisotopic (exact) mass is 473 g/mol. The number of amides is 1. The Morgan fingerprint density at radius 2 is 2.17 bits per heavy atom. The van der Waals surface area contributed by atoms with Gasteiger partial charge in [-0.15, -0.1) is 22.9 Å². The van der Waals surface area contributed by atoms with Gasteiger partial charge in [0.05, 0.1) is 12.0 Å².